The Morgan fingerprint density at radius 2 is 2.05 bits per heavy atom. The van der Waals surface area contributed by atoms with Crippen LogP contribution >= 0.6 is 0 Å². The Morgan fingerprint density at radius 3 is 2.68 bits per heavy atom. The lowest BCUT2D eigenvalue weighted by atomic mass is 10.1. The summed E-state index contributed by atoms with van der Waals surface area (Å²) in [6.45, 7) is 0. The van der Waals surface area contributed by atoms with Crippen LogP contribution in [0.3, 0.4) is 0 Å². The number of nitrogens with one attached hydrogen (secondary N) is 1. The van der Waals surface area contributed by atoms with Crippen molar-refractivity contribution in [2.45, 2.75) is 6.42 Å². The molecule has 2 rings (SSSR count). The van der Waals surface area contributed by atoms with Crippen LogP contribution in [0.4, 0.5) is 11.4 Å². The van der Waals surface area contributed by atoms with E-state index in [2.05, 4.69) is 16.4 Å². The van der Waals surface area contributed by atoms with Gasteiger partial charge in [0.25, 0.3) is 5.91 Å². The Balaban J connectivity index is 2.11. The summed E-state index contributed by atoms with van der Waals surface area (Å²) in [6.07, 6.45) is 1.86. The Kier molecular flexibility index (Phi) is 3.74. The van der Waals surface area contributed by atoms with Gasteiger partial charge in [-0.1, -0.05) is 12.1 Å². The van der Waals surface area contributed by atoms with Crippen LogP contribution in [0.1, 0.15) is 16.1 Å². The van der Waals surface area contributed by atoms with Crippen molar-refractivity contribution in [2.24, 2.45) is 0 Å². The monoisotopic (exact) mass is 252 g/mol. The van der Waals surface area contributed by atoms with Crippen molar-refractivity contribution < 1.29 is 4.79 Å². The van der Waals surface area contributed by atoms with Crippen molar-refractivity contribution in [2.75, 3.05) is 11.1 Å². The average Bonchev–Trinajstić information content (AvgIpc) is 2.42. The second kappa shape index (κ2) is 5.65. The number of nitrogen functional groups attached to an aromatic ring is 1. The second-order valence-corrected chi connectivity index (χ2v) is 3.93. The highest BCUT2D eigenvalue weighted by Crippen LogP contribution is 2.13. The second-order valence-electron chi connectivity index (χ2n) is 3.93. The van der Waals surface area contributed by atoms with Gasteiger partial charge in [-0.3, -0.25) is 4.79 Å². The van der Waals surface area contributed by atoms with E-state index in [-0.39, 0.29) is 11.6 Å². The fourth-order valence-electron chi connectivity index (χ4n) is 1.59. The third-order valence-electron chi connectivity index (χ3n) is 2.55. The predicted molar refractivity (Wildman–Crippen MR) is 72.4 cm³/mol. The van der Waals surface area contributed by atoms with E-state index in [0.717, 1.165) is 5.56 Å². The molecule has 0 saturated carbocycles. The third-order valence-corrected chi connectivity index (χ3v) is 2.55. The highest BCUT2D eigenvalue weighted by atomic mass is 16.1. The molecule has 1 heterocycles. The number of carbonyl (C=O) groups is 1. The van der Waals surface area contributed by atoms with Gasteiger partial charge in [-0.05, 0) is 29.8 Å². The van der Waals surface area contributed by atoms with E-state index >= 15 is 0 Å². The van der Waals surface area contributed by atoms with Gasteiger partial charge < -0.3 is 11.1 Å². The number of nitrogens with zero attached hydrogens (tertiary/aromatic N) is 2. The molecule has 3 N–H and O–H groups in total. The van der Waals surface area contributed by atoms with E-state index in [0.29, 0.717) is 17.8 Å². The number of hydrogen-bond donors (Lipinski definition) is 2. The Bertz CT molecular complexity index is 629. The molecular weight excluding hydrogens is 240 g/mol. The van der Waals surface area contributed by atoms with Crippen LogP contribution < -0.4 is 11.1 Å². The molecule has 0 bridgehead atoms. The number of nitriles is 1. The molecular formula is C14H12N4O. The minimum absolute atomic E-state index is 0.198. The molecule has 1 amide bonds. The Labute approximate surface area is 110 Å². The largest absolute Gasteiger partial charge is 0.397 e. The van der Waals surface area contributed by atoms with Crippen molar-refractivity contribution in [1.29, 1.82) is 5.26 Å². The quantitative estimate of drug-likeness (QED) is 0.873. The number of rotatable bonds is 3. The SMILES string of the molecule is N#CCc1ccc(NC(=O)c2ncccc2N)cc1. The molecule has 0 fully saturated rings. The maximum atomic E-state index is 11.9. The van der Waals surface area contributed by atoms with Gasteiger partial charge in [0.1, 0.15) is 0 Å². The van der Waals surface area contributed by atoms with Gasteiger partial charge in [0, 0.05) is 11.9 Å². The molecule has 0 aliphatic rings. The molecule has 0 aliphatic carbocycles. The molecule has 0 atom stereocenters. The van der Waals surface area contributed by atoms with Crippen molar-refractivity contribution in [3.8, 4) is 6.07 Å². The fourth-order valence-corrected chi connectivity index (χ4v) is 1.59. The lowest BCUT2D eigenvalue weighted by molar-refractivity contribution is 0.102. The third kappa shape index (κ3) is 3.07. The van der Waals surface area contributed by atoms with Gasteiger partial charge >= 0.3 is 0 Å². The summed E-state index contributed by atoms with van der Waals surface area (Å²) in [7, 11) is 0. The smallest absolute Gasteiger partial charge is 0.276 e. The molecule has 0 saturated heterocycles. The average molecular weight is 252 g/mol. The Hall–Kier alpha value is -2.87. The zero-order chi connectivity index (χ0) is 13.7. The zero-order valence-corrected chi connectivity index (χ0v) is 10.1. The number of amides is 1. The maximum absolute atomic E-state index is 11.9. The van der Waals surface area contributed by atoms with Gasteiger partial charge in [-0.15, -0.1) is 0 Å². The van der Waals surface area contributed by atoms with Crippen LogP contribution in [0.2, 0.25) is 0 Å². The zero-order valence-electron chi connectivity index (χ0n) is 10.1. The molecule has 2 aromatic rings. The number of aromatic nitrogens is 1. The number of benzene rings is 1. The van der Waals surface area contributed by atoms with Crippen molar-refractivity contribution >= 4 is 17.3 Å². The van der Waals surface area contributed by atoms with E-state index < -0.39 is 0 Å². The lowest BCUT2D eigenvalue weighted by Gasteiger charge is -2.06. The normalized spacial score (nSPS) is 9.63. The minimum Gasteiger partial charge on any atom is -0.397 e. The van der Waals surface area contributed by atoms with Crippen LogP contribution in [-0.2, 0) is 6.42 Å². The van der Waals surface area contributed by atoms with Crippen LogP contribution in [0.5, 0.6) is 0 Å². The number of anilines is 2. The van der Waals surface area contributed by atoms with Crippen LogP contribution in [0.15, 0.2) is 42.6 Å². The van der Waals surface area contributed by atoms with E-state index in [4.69, 9.17) is 11.0 Å². The van der Waals surface area contributed by atoms with Crippen LogP contribution in [0, 0.1) is 11.3 Å². The molecule has 1 aromatic carbocycles. The van der Waals surface area contributed by atoms with Gasteiger partial charge in [-0.25, -0.2) is 4.98 Å². The molecule has 5 heteroatoms. The number of pyridine rings is 1. The van der Waals surface area contributed by atoms with Crippen molar-refractivity contribution in [1.82, 2.24) is 4.98 Å². The molecule has 0 radical (unpaired) electrons. The fraction of sp³-hybridized carbons (Fsp3) is 0.0714. The standard InChI is InChI=1S/C14H12N4O/c15-8-7-10-3-5-11(6-4-10)18-14(19)13-12(16)2-1-9-17-13/h1-6,9H,7,16H2,(H,18,19). The predicted octanol–water partition coefficient (Wildman–Crippen LogP) is 1.98. The highest BCUT2D eigenvalue weighted by molar-refractivity contribution is 6.06. The van der Waals surface area contributed by atoms with Crippen LogP contribution in [-0.4, -0.2) is 10.9 Å². The van der Waals surface area contributed by atoms with Gasteiger partial charge in [0.05, 0.1) is 18.2 Å². The summed E-state index contributed by atoms with van der Waals surface area (Å²) in [6, 6.07) is 12.4. The van der Waals surface area contributed by atoms with E-state index in [1.54, 1.807) is 36.4 Å². The molecule has 5 nitrogen and oxygen atoms in total. The van der Waals surface area contributed by atoms with E-state index in [1.807, 2.05) is 0 Å². The number of hydrogen-bond acceptors (Lipinski definition) is 4. The number of carbonyl (C=O) groups excluding carboxylic acids is 1. The first-order valence-electron chi connectivity index (χ1n) is 5.68. The first kappa shape index (κ1) is 12.6. The molecule has 1 aromatic heterocycles. The van der Waals surface area contributed by atoms with E-state index in [1.165, 1.54) is 6.20 Å². The minimum atomic E-state index is -0.355. The topological polar surface area (TPSA) is 91.8 Å². The molecule has 0 unspecified atom stereocenters. The van der Waals surface area contributed by atoms with Gasteiger partial charge in [0.15, 0.2) is 5.69 Å². The lowest BCUT2D eigenvalue weighted by Crippen LogP contribution is -2.15. The summed E-state index contributed by atoms with van der Waals surface area (Å²) >= 11 is 0. The summed E-state index contributed by atoms with van der Waals surface area (Å²) in [5.41, 5.74) is 7.75. The maximum Gasteiger partial charge on any atom is 0.276 e. The molecule has 94 valence electrons. The Morgan fingerprint density at radius 1 is 1.32 bits per heavy atom. The molecule has 0 spiro atoms. The first-order chi connectivity index (χ1) is 9.20. The molecule has 0 aliphatic heterocycles. The summed E-state index contributed by atoms with van der Waals surface area (Å²) in [5, 5.41) is 11.3. The summed E-state index contributed by atoms with van der Waals surface area (Å²) in [5.74, 6) is -0.355. The molecule has 19 heavy (non-hydrogen) atoms. The summed E-state index contributed by atoms with van der Waals surface area (Å²) in [4.78, 5) is 15.9. The van der Waals surface area contributed by atoms with Crippen LogP contribution in [0.25, 0.3) is 0 Å². The first-order valence-corrected chi connectivity index (χ1v) is 5.68. The van der Waals surface area contributed by atoms with Crippen molar-refractivity contribution in [3.05, 3.63) is 53.9 Å². The number of nitrogens with two attached hydrogens (primary N) is 1. The summed E-state index contributed by atoms with van der Waals surface area (Å²) < 4.78 is 0. The highest BCUT2D eigenvalue weighted by Gasteiger charge is 2.10. The van der Waals surface area contributed by atoms with Gasteiger partial charge in [0.2, 0.25) is 0 Å². The van der Waals surface area contributed by atoms with Gasteiger partial charge in [-0.2, -0.15) is 5.26 Å². The van der Waals surface area contributed by atoms with E-state index in [9.17, 15) is 4.79 Å². The van der Waals surface area contributed by atoms with Crippen molar-refractivity contribution in [3.63, 3.8) is 0 Å².